The Balaban J connectivity index is 2.36. The van der Waals surface area contributed by atoms with E-state index in [9.17, 15) is 8.42 Å². The Morgan fingerprint density at radius 3 is 2.80 bits per heavy atom. The maximum atomic E-state index is 12.4. The second-order valence-electron chi connectivity index (χ2n) is 4.02. The molecule has 2 N–H and O–H groups in total. The highest BCUT2D eigenvalue weighted by atomic mass is 127. The van der Waals surface area contributed by atoms with Crippen LogP contribution >= 0.6 is 22.6 Å². The van der Waals surface area contributed by atoms with Gasteiger partial charge in [-0.2, -0.15) is 0 Å². The number of sulfonamides is 1. The normalized spacial score (nSPS) is 11.1. The zero-order valence-corrected chi connectivity index (χ0v) is 13.8. The Morgan fingerprint density at radius 1 is 1.30 bits per heavy atom. The second-order valence-corrected chi connectivity index (χ2v) is 6.91. The fraction of sp³-hybridized carbons (Fsp3) is 0.154. The lowest BCUT2D eigenvalue weighted by Gasteiger charge is -2.12. The van der Waals surface area contributed by atoms with E-state index in [1.807, 2.05) is 13.0 Å². The van der Waals surface area contributed by atoms with Gasteiger partial charge in [-0.05, 0) is 53.8 Å². The van der Waals surface area contributed by atoms with Crippen molar-refractivity contribution in [2.75, 3.05) is 16.6 Å². The van der Waals surface area contributed by atoms with Crippen LogP contribution in [-0.2, 0) is 10.0 Å². The van der Waals surface area contributed by atoms with Crippen LogP contribution in [0.5, 0.6) is 0 Å². The third-order valence-corrected chi connectivity index (χ3v) is 4.60. The van der Waals surface area contributed by atoms with Crippen LogP contribution in [0, 0.1) is 3.57 Å². The van der Waals surface area contributed by atoms with Crippen molar-refractivity contribution in [2.24, 2.45) is 0 Å². The topological polar surface area (TPSA) is 71.1 Å². The molecule has 0 aliphatic carbocycles. The van der Waals surface area contributed by atoms with Crippen LogP contribution in [0.15, 0.2) is 47.6 Å². The summed E-state index contributed by atoms with van der Waals surface area (Å²) < 4.78 is 28.4. The number of anilines is 2. The maximum Gasteiger partial charge on any atom is 0.265 e. The van der Waals surface area contributed by atoms with Crippen molar-refractivity contribution in [3.63, 3.8) is 0 Å². The molecule has 0 spiro atoms. The molecule has 0 aliphatic heterocycles. The molecule has 0 saturated carbocycles. The van der Waals surface area contributed by atoms with Gasteiger partial charge >= 0.3 is 0 Å². The average Bonchev–Trinajstić information content (AvgIpc) is 2.39. The van der Waals surface area contributed by atoms with Crippen molar-refractivity contribution < 1.29 is 8.42 Å². The lowest BCUT2D eigenvalue weighted by atomic mass is 10.3. The molecule has 0 aliphatic rings. The molecule has 0 amide bonds. The number of nitrogens with zero attached hydrogens (tertiary/aromatic N) is 1. The molecule has 0 bridgehead atoms. The summed E-state index contributed by atoms with van der Waals surface area (Å²) in [5.74, 6) is 0. The van der Waals surface area contributed by atoms with Crippen molar-refractivity contribution in [3.05, 3.63) is 46.3 Å². The summed E-state index contributed by atoms with van der Waals surface area (Å²) in [5, 5.41) is 3.02. The largest absolute Gasteiger partial charge is 0.384 e. The SMILES string of the molecule is CCNc1ccncc1S(=O)(=O)Nc1cccc(I)c1. The maximum absolute atomic E-state index is 12.4. The molecule has 0 radical (unpaired) electrons. The van der Waals surface area contributed by atoms with Crippen LogP contribution in [0.4, 0.5) is 11.4 Å². The summed E-state index contributed by atoms with van der Waals surface area (Å²) >= 11 is 2.13. The molecule has 0 unspecified atom stereocenters. The fourth-order valence-corrected chi connectivity index (χ4v) is 3.41. The third kappa shape index (κ3) is 3.60. The van der Waals surface area contributed by atoms with Gasteiger partial charge in [0.15, 0.2) is 0 Å². The van der Waals surface area contributed by atoms with Crippen molar-refractivity contribution in [1.82, 2.24) is 4.98 Å². The quantitative estimate of drug-likeness (QED) is 0.754. The van der Waals surface area contributed by atoms with Gasteiger partial charge in [0.25, 0.3) is 10.0 Å². The van der Waals surface area contributed by atoms with Crippen molar-refractivity contribution in [1.29, 1.82) is 0 Å². The van der Waals surface area contributed by atoms with Crippen molar-refractivity contribution >= 4 is 44.0 Å². The van der Waals surface area contributed by atoms with Crippen molar-refractivity contribution in [3.8, 4) is 0 Å². The smallest absolute Gasteiger partial charge is 0.265 e. The van der Waals surface area contributed by atoms with Gasteiger partial charge < -0.3 is 5.32 Å². The first-order valence-corrected chi connectivity index (χ1v) is 8.55. The third-order valence-electron chi connectivity index (χ3n) is 2.52. The Morgan fingerprint density at radius 2 is 2.10 bits per heavy atom. The van der Waals surface area contributed by atoms with Gasteiger partial charge in [-0.15, -0.1) is 0 Å². The van der Waals surface area contributed by atoms with Crippen LogP contribution in [0.1, 0.15) is 6.92 Å². The molecule has 0 fully saturated rings. The first kappa shape index (κ1) is 15.0. The summed E-state index contributed by atoms with van der Waals surface area (Å²) in [6.45, 7) is 2.54. The van der Waals surface area contributed by atoms with Gasteiger partial charge in [0.2, 0.25) is 0 Å². The molecule has 106 valence electrons. The van der Waals surface area contributed by atoms with E-state index in [1.54, 1.807) is 30.5 Å². The first-order valence-electron chi connectivity index (χ1n) is 5.99. The first-order chi connectivity index (χ1) is 9.53. The van der Waals surface area contributed by atoms with Crippen LogP contribution in [-0.4, -0.2) is 19.9 Å². The number of halogens is 1. The molecule has 0 atom stereocenters. The lowest BCUT2D eigenvalue weighted by molar-refractivity contribution is 0.601. The highest BCUT2D eigenvalue weighted by Gasteiger charge is 2.18. The van der Waals surface area contributed by atoms with Crippen molar-refractivity contribution in [2.45, 2.75) is 11.8 Å². The summed E-state index contributed by atoms with van der Waals surface area (Å²) in [5.41, 5.74) is 1.07. The van der Waals surface area contributed by atoms with Gasteiger partial charge in [-0.1, -0.05) is 6.07 Å². The molecule has 7 heteroatoms. The molecule has 2 rings (SSSR count). The van der Waals surface area contributed by atoms with Crippen LogP contribution in [0.25, 0.3) is 0 Å². The summed E-state index contributed by atoms with van der Waals surface area (Å²) in [7, 11) is -3.66. The van der Waals surface area contributed by atoms with E-state index in [-0.39, 0.29) is 4.90 Å². The molecule has 1 heterocycles. The minimum Gasteiger partial charge on any atom is -0.384 e. The van der Waals surface area contributed by atoms with Gasteiger partial charge in [-0.3, -0.25) is 9.71 Å². The number of nitrogens with one attached hydrogen (secondary N) is 2. The molecular formula is C13H14IN3O2S. The lowest BCUT2D eigenvalue weighted by Crippen LogP contribution is -2.15. The van der Waals surface area contributed by atoms with E-state index in [0.717, 1.165) is 3.57 Å². The molecule has 0 saturated heterocycles. The summed E-state index contributed by atoms with van der Waals surface area (Å²) in [4.78, 5) is 4.03. The zero-order valence-electron chi connectivity index (χ0n) is 10.8. The Hall–Kier alpha value is -1.35. The van der Waals surface area contributed by atoms with Gasteiger partial charge in [0, 0.05) is 28.2 Å². The van der Waals surface area contributed by atoms with Gasteiger partial charge in [-0.25, -0.2) is 8.42 Å². The van der Waals surface area contributed by atoms with Crippen LogP contribution in [0.2, 0.25) is 0 Å². The highest BCUT2D eigenvalue weighted by molar-refractivity contribution is 14.1. The number of hydrogen-bond donors (Lipinski definition) is 2. The molecule has 1 aromatic carbocycles. The van der Waals surface area contributed by atoms with E-state index in [1.165, 1.54) is 6.20 Å². The summed E-state index contributed by atoms with van der Waals surface area (Å²) in [6, 6.07) is 8.82. The number of benzene rings is 1. The summed E-state index contributed by atoms with van der Waals surface area (Å²) in [6.07, 6.45) is 2.90. The average molecular weight is 403 g/mol. The monoisotopic (exact) mass is 403 g/mol. The Bertz CT molecular complexity index is 704. The van der Waals surface area contributed by atoms with E-state index in [2.05, 4.69) is 37.6 Å². The van der Waals surface area contributed by atoms with Gasteiger partial charge in [0.1, 0.15) is 4.90 Å². The van der Waals surface area contributed by atoms with E-state index < -0.39 is 10.0 Å². The molecule has 1 aromatic heterocycles. The van der Waals surface area contributed by atoms with E-state index in [4.69, 9.17) is 0 Å². The minimum atomic E-state index is -3.66. The minimum absolute atomic E-state index is 0.140. The fourth-order valence-electron chi connectivity index (χ4n) is 1.69. The zero-order chi connectivity index (χ0) is 14.6. The Labute approximate surface area is 132 Å². The molecular weight excluding hydrogens is 389 g/mol. The highest BCUT2D eigenvalue weighted by Crippen LogP contribution is 2.23. The van der Waals surface area contributed by atoms with E-state index in [0.29, 0.717) is 17.9 Å². The van der Waals surface area contributed by atoms with Gasteiger partial charge in [0.05, 0.1) is 5.69 Å². The number of pyridine rings is 1. The van der Waals surface area contributed by atoms with Crippen LogP contribution < -0.4 is 10.0 Å². The number of rotatable bonds is 5. The standard InChI is InChI=1S/C13H14IN3O2S/c1-2-16-12-6-7-15-9-13(12)20(18,19)17-11-5-3-4-10(14)8-11/h3-9,17H,2H2,1H3,(H,15,16). The predicted octanol–water partition coefficient (Wildman–Crippen LogP) is 2.92. The molecule has 20 heavy (non-hydrogen) atoms. The second kappa shape index (κ2) is 6.40. The molecule has 2 aromatic rings. The van der Waals surface area contributed by atoms with Crippen LogP contribution in [0.3, 0.4) is 0 Å². The number of aromatic nitrogens is 1. The van der Waals surface area contributed by atoms with E-state index >= 15 is 0 Å². The Kier molecular flexibility index (Phi) is 4.81. The number of hydrogen-bond acceptors (Lipinski definition) is 4. The molecule has 5 nitrogen and oxygen atoms in total. The predicted molar refractivity (Wildman–Crippen MR) is 88.4 cm³/mol.